The van der Waals surface area contributed by atoms with Gasteiger partial charge in [0.15, 0.2) is 11.5 Å². The molecule has 1 fully saturated rings. The number of nitrogens with one attached hydrogen (secondary N) is 1. The second kappa shape index (κ2) is 5.61. The Morgan fingerprint density at radius 2 is 1.83 bits per heavy atom. The van der Waals surface area contributed by atoms with Crippen LogP contribution in [0.2, 0.25) is 0 Å². The third-order valence-electron chi connectivity index (χ3n) is 3.78. The predicted octanol–water partition coefficient (Wildman–Crippen LogP) is 2.79. The summed E-state index contributed by atoms with van der Waals surface area (Å²) < 4.78 is 11.1. The number of piperidine rings is 1. The van der Waals surface area contributed by atoms with Gasteiger partial charge in [0, 0.05) is 18.0 Å². The maximum atomic E-state index is 5.63. The molecule has 1 N–H and O–H groups in total. The fourth-order valence-corrected chi connectivity index (χ4v) is 3.01. The number of ether oxygens (including phenoxy) is 2. The fourth-order valence-electron chi connectivity index (χ4n) is 3.01. The lowest BCUT2D eigenvalue weighted by Gasteiger charge is -2.27. The monoisotopic (exact) mass is 249 g/mol. The molecule has 1 aromatic rings. The van der Waals surface area contributed by atoms with Gasteiger partial charge < -0.3 is 14.8 Å². The van der Waals surface area contributed by atoms with Crippen LogP contribution in [0, 0.1) is 13.8 Å². The Hall–Kier alpha value is -1.22. The molecule has 0 aliphatic carbocycles. The van der Waals surface area contributed by atoms with E-state index in [9.17, 15) is 0 Å². The van der Waals surface area contributed by atoms with E-state index in [0.717, 1.165) is 30.2 Å². The van der Waals surface area contributed by atoms with E-state index in [1.165, 1.54) is 24.0 Å². The molecule has 0 radical (unpaired) electrons. The van der Waals surface area contributed by atoms with Crippen molar-refractivity contribution in [2.75, 3.05) is 27.3 Å². The first-order chi connectivity index (χ1) is 8.69. The van der Waals surface area contributed by atoms with Gasteiger partial charge in [0.25, 0.3) is 0 Å². The second-order valence-electron chi connectivity index (χ2n) is 5.03. The molecule has 1 atom stereocenters. The number of aryl methyl sites for hydroxylation is 2. The molecule has 0 bridgehead atoms. The normalized spacial score (nSPS) is 19.7. The van der Waals surface area contributed by atoms with E-state index in [0.29, 0.717) is 5.92 Å². The van der Waals surface area contributed by atoms with Gasteiger partial charge in [-0.1, -0.05) is 6.07 Å². The molecule has 1 aliphatic heterocycles. The molecule has 0 spiro atoms. The zero-order chi connectivity index (χ0) is 13.1. The van der Waals surface area contributed by atoms with Crippen molar-refractivity contribution in [1.82, 2.24) is 5.32 Å². The SMILES string of the molecule is COc1c(C)cc(C)c(C2CCCNC2)c1OC. The molecule has 3 nitrogen and oxygen atoms in total. The number of hydrogen-bond acceptors (Lipinski definition) is 3. The largest absolute Gasteiger partial charge is 0.493 e. The van der Waals surface area contributed by atoms with Crippen LogP contribution >= 0.6 is 0 Å². The van der Waals surface area contributed by atoms with Gasteiger partial charge in [-0.05, 0) is 44.4 Å². The highest BCUT2D eigenvalue weighted by molar-refractivity contribution is 5.56. The topological polar surface area (TPSA) is 30.5 Å². The molecule has 2 rings (SSSR count). The standard InChI is InChI=1S/C15H23NO2/c1-10-8-11(2)14(17-3)15(18-4)13(10)12-6-5-7-16-9-12/h8,12,16H,5-7,9H2,1-4H3. The quantitative estimate of drug-likeness (QED) is 0.893. The van der Waals surface area contributed by atoms with E-state index < -0.39 is 0 Å². The molecular weight excluding hydrogens is 226 g/mol. The summed E-state index contributed by atoms with van der Waals surface area (Å²) in [6.45, 7) is 6.39. The number of benzene rings is 1. The first-order valence-electron chi connectivity index (χ1n) is 6.61. The third-order valence-corrected chi connectivity index (χ3v) is 3.78. The van der Waals surface area contributed by atoms with Crippen LogP contribution in [0.4, 0.5) is 0 Å². The van der Waals surface area contributed by atoms with Crippen LogP contribution in [0.15, 0.2) is 6.07 Å². The van der Waals surface area contributed by atoms with Crippen LogP contribution in [0.3, 0.4) is 0 Å². The lowest BCUT2D eigenvalue weighted by Crippen LogP contribution is -2.29. The van der Waals surface area contributed by atoms with Crippen molar-refractivity contribution in [3.63, 3.8) is 0 Å². The van der Waals surface area contributed by atoms with Crippen molar-refractivity contribution < 1.29 is 9.47 Å². The van der Waals surface area contributed by atoms with Gasteiger partial charge >= 0.3 is 0 Å². The summed E-state index contributed by atoms with van der Waals surface area (Å²) in [5.41, 5.74) is 3.75. The molecular formula is C15H23NO2. The summed E-state index contributed by atoms with van der Waals surface area (Å²) in [7, 11) is 3.44. The van der Waals surface area contributed by atoms with Crippen molar-refractivity contribution in [3.05, 3.63) is 22.8 Å². The minimum absolute atomic E-state index is 0.531. The van der Waals surface area contributed by atoms with E-state index in [2.05, 4.69) is 25.2 Å². The fraction of sp³-hybridized carbons (Fsp3) is 0.600. The van der Waals surface area contributed by atoms with Gasteiger partial charge in [0.05, 0.1) is 14.2 Å². The first-order valence-corrected chi connectivity index (χ1v) is 6.61. The molecule has 1 heterocycles. The lowest BCUT2D eigenvalue weighted by atomic mass is 9.87. The highest BCUT2D eigenvalue weighted by atomic mass is 16.5. The molecule has 1 saturated heterocycles. The number of hydrogen-bond donors (Lipinski definition) is 1. The molecule has 1 aliphatic rings. The molecule has 18 heavy (non-hydrogen) atoms. The van der Waals surface area contributed by atoms with Crippen molar-refractivity contribution in [1.29, 1.82) is 0 Å². The zero-order valence-electron chi connectivity index (χ0n) is 11.8. The molecule has 100 valence electrons. The van der Waals surface area contributed by atoms with E-state index in [-0.39, 0.29) is 0 Å². The minimum atomic E-state index is 0.531. The third kappa shape index (κ3) is 2.32. The van der Waals surface area contributed by atoms with Crippen LogP contribution in [0.25, 0.3) is 0 Å². The summed E-state index contributed by atoms with van der Waals surface area (Å²) in [5.74, 6) is 2.33. The van der Waals surface area contributed by atoms with E-state index in [4.69, 9.17) is 9.47 Å². The molecule has 0 amide bonds. The Labute approximate surface area is 109 Å². The van der Waals surface area contributed by atoms with Gasteiger partial charge in [-0.25, -0.2) is 0 Å². The van der Waals surface area contributed by atoms with Crippen molar-refractivity contribution in [3.8, 4) is 11.5 Å². The summed E-state index contributed by atoms with van der Waals surface area (Å²) >= 11 is 0. The summed E-state index contributed by atoms with van der Waals surface area (Å²) in [6.07, 6.45) is 2.44. The Kier molecular flexibility index (Phi) is 4.12. The van der Waals surface area contributed by atoms with E-state index in [1.54, 1.807) is 14.2 Å². The first kappa shape index (κ1) is 13.2. The minimum Gasteiger partial charge on any atom is -0.493 e. The smallest absolute Gasteiger partial charge is 0.164 e. The van der Waals surface area contributed by atoms with Crippen molar-refractivity contribution >= 4 is 0 Å². The molecule has 1 unspecified atom stereocenters. The van der Waals surface area contributed by atoms with Crippen LogP contribution in [0.5, 0.6) is 11.5 Å². The Morgan fingerprint density at radius 1 is 1.11 bits per heavy atom. The van der Waals surface area contributed by atoms with Crippen LogP contribution in [0.1, 0.15) is 35.4 Å². The van der Waals surface area contributed by atoms with Crippen molar-refractivity contribution in [2.24, 2.45) is 0 Å². The van der Waals surface area contributed by atoms with Crippen molar-refractivity contribution in [2.45, 2.75) is 32.6 Å². The van der Waals surface area contributed by atoms with Crippen LogP contribution in [-0.4, -0.2) is 27.3 Å². The highest BCUT2D eigenvalue weighted by Crippen LogP contribution is 2.42. The Balaban J connectivity index is 2.49. The average molecular weight is 249 g/mol. The highest BCUT2D eigenvalue weighted by Gasteiger charge is 2.24. The maximum absolute atomic E-state index is 5.63. The van der Waals surface area contributed by atoms with E-state index in [1.807, 2.05) is 0 Å². The van der Waals surface area contributed by atoms with Gasteiger partial charge in [-0.3, -0.25) is 0 Å². The summed E-state index contributed by atoms with van der Waals surface area (Å²) in [4.78, 5) is 0. The summed E-state index contributed by atoms with van der Waals surface area (Å²) in [6, 6.07) is 2.20. The molecule has 1 aromatic carbocycles. The second-order valence-corrected chi connectivity index (χ2v) is 5.03. The van der Waals surface area contributed by atoms with Gasteiger partial charge in [-0.2, -0.15) is 0 Å². The predicted molar refractivity (Wildman–Crippen MR) is 73.9 cm³/mol. The van der Waals surface area contributed by atoms with E-state index >= 15 is 0 Å². The number of methoxy groups -OCH3 is 2. The van der Waals surface area contributed by atoms with Crippen LogP contribution < -0.4 is 14.8 Å². The molecule has 0 aromatic heterocycles. The van der Waals surface area contributed by atoms with Crippen LogP contribution in [-0.2, 0) is 0 Å². The average Bonchev–Trinajstić information content (AvgIpc) is 2.38. The Bertz CT molecular complexity index is 423. The van der Waals surface area contributed by atoms with Gasteiger partial charge in [0.1, 0.15) is 0 Å². The lowest BCUT2D eigenvalue weighted by molar-refractivity contribution is 0.342. The zero-order valence-corrected chi connectivity index (χ0v) is 11.8. The van der Waals surface area contributed by atoms with Gasteiger partial charge in [-0.15, -0.1) is 0 Å². The summed E-state index contributed by atoms with van der Waals surface area (Å²) in [5, 5.41) is 3.47. The number of rotatable bonds is 3. The maximum Gasteiger partial charge on any atom is 0.164 e. The molecule has 0 saturated carbocycles. The Morgan fingerprint density at radius 3 is 2.39 bits per heavy atom. The van der Waals surface area contributed by atoms with Gasteiger partial charge in [0.2, 0.25) is 0 Å². The molecule has 3 heteroatoms.